The maximum atomic E-state index is 12.9. The van der Waals surface area contributed by atoms with Crippen LogP contribution in [0.2, 0.25) is 0 Å². The molecule has 2 atom stereocenters. The number of hydrogen-bond acceptors (Lipinski definition) is 4. The zero-order valence-corrected chi connectivity index (χ0v) is 14.0. The number of carbonyl (C=O) groups excluding carboxylic acids is 3. The largest absolute Gasteiger partial charge is 0.471 e. The number of carbonyl (C=O) groups is 3. The number of nitrogens with one attached hydrogen (secondary N) is 1. The van der Waals surface area contributed by atoms with Gasteiger partial charge in [-0.15, -0.1) is 0 Å². The maximum absolute atomic E-state index is 12.9. The van der Waals surface area contributed by atoms with E-state index in [1.54, 1.807) is 5.32 Å². The number of hydrogen-bond donors (Lipinski definition) is 1. The van der Waals surface area contributed by atoms with E-state index in [2.05, 4.69) is 6.07 Å². The minimum atomic E-state index is -5.06. The summed E-state index contributed by atoms with van der Waals surface area (Å²) in [5.74, 6) is -3.22. The van der Waals surface area contributed by atoms with Gasteiger partial charge in [0, 0.05) is 13.1 Å². The summed E-state index contributed by atoms with van der Waals surface area (Å²) in [5.41, 5.74) is -0.147. The summed E-state index contributed by atoms with van der Waals surface area (Å²) in [6.07, 6.45) is -1.60. The summed E-state index contributed by atoms with van der Waals surface area (Å²) in [4.78, 5) is 38.9. The highest BCUT2D eigenvalue weighted by Crippen LogP contribution is 2.55. The number of likely N-dealkylation sites (tertiary alicyclic amines) is 2. The van der Waals surface area contributed by atoms with Crippen molar-refractivity contribution in [2.45, 2.75) is 50.4 Å². The van der Waals surface area contributed by atoms with Gasteiger partial charge < -0.3 is 15.1 Å². The van der Waals surface area contributed by atoms with Gasteiger partial charge in [-0.2, -0.15) is 18.4 Å². The second kappa shape index (κ2) is 6.45. The fraction of sp³-hybridized carbons (Fsp3) is 0.750. The van der Waals surface area contributed by atoms with Crippen LogP contribution in [0.15, 0.2) is 0 Å². The van der Waals surface area contributed by atoms with Crippen molar-refractivity contribution in [1.82, 2.24) is 15.1 Å². The summed E-state index contributed by atoms with van der Waals surface area (Å²) < 4.78 is 36.8. The lowest BCUT2D eigenvalue weighted by molar-refractivity contribution is -0.174. The van der Waals surface area contributed by atoms with E-state index in [-0.39, 0.29) is 11.3 Å². The lowest BCUT2D eigenvalue weighted by atomic mass is 10.0. The van der Waals surface area contributed by atoms with E-state index in [9.17, 15) is 27.6 Å². The Bertz CT molecular complexity index is 669. The molecule has 0 aromatic carbocycles. The summed E-state index contributed by atoms with van der Waals surface area (Å²) >= 11 is 0. The fourth-order valence-corrected chi connectivity index (χ4v) is 3.79. The second-order valence-electron chi connectivity index (χ2n) is 7.24. The molecule has 1 N–H and O–H groups in total. The highest BCUT2D eigenvalue weighted by Gasteiger charge is 2.56. The number of nitrogens with zero attached hydrogens (tertiary/aromatic N) is 3. The van der Waals surface area contributed by atoms with Gasteiger partial charge in [-0.1, -0.05) is 0 Å². The van der Waals surface area contributed by atoms with Gasteiger partial charge in [0.25, 0.3) is 0 Å². The summed E-state index contributed by atoms with van der Waals surface area (Å²) in [5, 5.41) is 10.7. The number of rotatable bonds is 3. The van der Waals surface area contributed by atoms with Crippen molar-refractivity contribution in [1.29, 1.82) is 5.26 Å². The minimum Gasteiger partial charge on any atom is -0.339 e. The van der Waals surface area contributed by atoms with Crippen molar-refractivity contribution >= 4 is 17.7 Å². The molecule has 0 aromatic heterocycles. The molecule has 3 aliphatic rings. The fourth-order valence-electron chi connectivity index (χ4n) is 3.79. The minimum absolute atomic E-state index is 0.147. The Kier molecular flexibility index (Phi) is 4.58. The monoisotopic (exact) mass is 372 g/mol. The Hall–Kier alpha value is -2.31. The first-order valence-corrected chi connectivity index (χ1v) is 8.51. The molecular formula is C16H19F3N4O3. The molecule has 142 valence electrons. The van der Waals surface area contributed by atoms with Crippen LogP contribution in [0.25, 0.3) is 0 Å². The third-order valence-electron chi connectivity index (χ3n) is 5.41. The van der Waals surface area contributed by atoms with Crippen molar-refractivity contribution in [3.8, 4) is 6.07 Å². The smallest absolute Gasteiger partial charge is 0.339 e. The van der Waals surface area contributed by atoms with E-state index in [1.165, 1.54) is 9.80 Å². The second-order valence-corrected chi connectivity index (χ2v) is 7.24. The molecule has 0 aromatic rings. The predicted molar refractivity (Wildman–Crippen MR) is 81.2 cm³/mol. The number of nitriles is 1. The van der Waals surface area contributed by atoms with Gasteiger partial charge in [0.2, 0.25) is 11.8 Å². The molecule has 1 aliphatic carbocycles. The molecule has 3 amide bonds. The maximum Gasteiger partial charge on any atom is 0.471 e. The Morgan fingerprint density at radius 1 is 1.23 bits per heavy atom. The average molecular weight is 372 g/mol. The quantitative estimate of drug-likeness (QED) is 0.783. The van der Waals surface area contributed by atoms with Crippen molar-refractivity contribution in [2.24, 2.45) is 5.41 Å². The van der Waals surface area contributed by atoms with Crippen LogP contribution in [0, 0.1) is 16.7 Å². The molecule has 3 rings (SSSR count). The molecule has 1 unspecified atom stereocenters. The average Bonchev–Trinajstić information content (AvgIpc) is 3.02. The molecule has 2 heterocycles. The molecule has 7 nitrogen and oxygen atoms in total. The molecule has 0 bridgehead atoms. The van der Waals surface area contributed by atoms with E-state index < -0.39 is 36.6 Å². The van der Waals surface area contributed by atoms with Crippen LogP contribution in [0.3, 0.4) is 0 Å². The molecule has 2 saturated heterocycles. The van der Waals surface area contributed by atoms with E-state index >= 15 is 0 Å². The van der Waals surface area contributed by atoms with Crippen LogP contribution in [0.1, 0.15) is 32.1 Å². The van der Waals surface area contributed by atoms with Crippen LogP contribution in [0.5, 0.6) is 0 Å². The molecular weight excluding hydrogens is 353 g/mol. The Morgan fingerprint density at radius 3 is 2.50 bits per heavy atom. The number of halogens is 3. The Balaban J connectivity index is 1.68. The van der Waals surface area contributed by atoms with Gasteiger partial charge in [-0.05, 0) is 37.5 Å². The molecule has 2 aliphatic heterocycles. The van der Waals surface area contributed by atoms with E-state index in [0.717, 1.165) is 12.8 Å². The zero-order valence-electron chi connectivity index (χ0n) is 14.0. The first kappa shape index (κ1) is 18.5. The molecule has 3 fully saturated rings. The molecule has 0 radical (unpaired) electrons. The van der Waals surface area contributed by atoms with Crippen molar-refractivity contribution in [3.05, 3.63) is 0 Å². The summed E-state index contributed by atoms with van der Waals surface area (Å²) in [6.45, 7) is -0.0670. The van der Waals surface area contributed by atoms with Crippen molar-refractivity contribution in [3.63, 3.8) is 0 Å². The third-order valence-corrected chi connectivity index (χ3v) is 5.41. The van der Waals surface area contributed by atoms with Gasteiger partial charge in [0.05, 0.1) is 12.6 Å². The molecule has 26 heavy (non-hydrogen) atoms. The first-order chi connectivity index (χ1) is 12.2. The van der Waals surface area contributed by atoms with Gasteiger partial charge in [-0.25, -0.2) is 0 Å². The van der Waals surface area contributed by atoms with Crippen molar-refractivity contribution < 1.29 is 27.6 Å². The van der Waals surface area contributed by atoms with E-state index in [4.69, 9.17) is 5.26 Å². The van der Waals surface area contributed by atoms with Gasteiger partial charge >= 0.3 is 12.1 Å². The standard InChI is InChI=1S/C16H19F3N4O3/c17-16(18,19)14(26)21-8-12(24)23-9-15(3-4-15)6-11(23)13(25)22-5-1-2-10(22)7-20/h10-11H,1-6,8-9H2,(H,21,26)/t10?,11-/m0/s1. The number of amides is 3. The highest BCUT2D eigenvalue weighted by molar-refractivity contribution is 5.92. The zero-order chi connectivity index (χ0) is 19.1. The van der Waals surface area contributed by atoms with Crippen LogP contribution in [-0.2, 0) is 14.4 Å². The summed E-state index contributed by atoms with van der Waals surface area (Å²) in [6, 6.07) is 0.771. The summed E-state index contributed by atoms with van der Waals surface area (Å²) in [7, 11) is 0. The van der Waals surface area contributed by atoms with Gasteiger partial charge in [0.15, 0.2) is 0 Å². The van der Waals surface area contributed by atoms with Crippen LogP contribution >= 0.6 is 0 Å². The Labute approximate surface area is 148 Å². The van der Waals surface area contributed by atoms with E-state index in [0.29, 0.717) is 32.4 Å². The van der Waals surface area contributed by atoms with Crippen LogP contribution in [0.4, 0.5) is 13.2 Å². The topological polar surface area (TPSA) is 93.5 Å². The first-order valence-electron chi connectivity index (χ1n) is 8.51. The van der Waals surface area contributed by atoms with Crippen LogP contribution in [-0.4, -0.2) is 65.4 Å². The highest BCUT2D eigenvalue weighted by atomic mass is 19.4. The number of alkyl halides is 3. The predicted octanol–water partition coefficient (Wildman–Crippen LogP) is 0.561. The molecule has 10 heteroatoms. The molecule has 1 saturated carbocycles. The van der Waals surface area contributed by atoms with Gasteiger partial charge in [-0.3, -0.25) is 14.4 Å². The third kappa shape index (κ3) is 3.48. The van der Waals surface area contributed by atoms with Crippen LogP contribution < -0.4 is 5.32 Å². The Morgan fingerprint density at radius 2 is 1.92 bits per heavy atom. The van der Waals surface area contributed by atoms with Crippen molar-refractivity contribution in [2.75, 3.05) is 19.6 Å². The SMILES string of the molecule is N#CC1CCCN1C(=O)[C@@H]1CC2(CC2)CN1C(=O)CNC(=O)C(F)(F)F. The molecule has 1 spiro atoms. The van der Waals surface area contributed by atoms with E-state index in [1.807, 2.05) is 0 Å². The van der Waals surface area contributed by atoms with Gasteiger partial charge in [0.1, 0.15) is 12.1 Å². The normalized spacial score (nSPS) is 26.7. The lowest BCUT2D eigenvalue weighted by Gasteiger charge is -2.29. The lowest BCUT2D eigenvalue weighted by Crippen LogP contribution is -2.51.